The third kappa shape index (κ3) is 5.21. The minimum Gasteiger partial charge on any atom is -0.497 e. The molecule has 0 amide bonds. The molecule has 1 saturated heterocycles. The quantitative estimate of drug-likeness (QED) is 0.634. The van der Waals surface area contributed by atoms with Gasteiger partial charge in [-0.05, 0) is 68.6 Å². The van der Waals surface area contributed by atoms with Crippen molar-refractivity contribution in [2.75, 3.05) is 32.1 Å². The number of rotatable bonds is 8. The molecule has 0 bridgehead atoms. The van der Waals surface area contributed by atoms with E-state index in [9.17, 15) is 0 Å². The summed E-state index contributed by atoms with van der Waals surface area (Å²) in [5.74, 6) is 2.63. The maximum atomic E-state index is 5.80. The van der Waals surface area contributed by atoms with Gasteiger partial charge in [-0.3, -0.25) is 4.90 Å². The number of pyridine rings is 1. The highest BCUT2D eigenvalue weighted by Gasteiger charge is 2.33. The predicted octanol–water partition coefficient (Wildman–Crippen LogP) is 5.05. The first kappa shape index (κ1) is 20.0. The van der Waals surface area contributed by atoms with Crippen LogP contribution < -0.4 is 14.8 Å². The molecule has 0 spiro atoms. The molecule has 29 heavy (non-hydrogen) atoms. The van der Waals surface area contributed by atoms with Crippen LogP contribution in [0.15, 0.2) is 42.5 Å². The van der Waals surface area contributed by atoms with Gasteiger partial charge in [0.05, 0.1) is 25.4 Å². The zero-order valence-corrected chi connectivity index (χ0v) is 17.5. The molecule has 156 valence electrons. The van der Waals surface area contributed by atoms with E-state index in [0.29, 0.717) is 12.6 Å². The maximum absolute atomic E-state index is 5.80. The molecule has 1 aromatic carbocycles. The maximum Gasteiger partial charge on any atom is 0.126 e. The third-order valence-corrected chi connectivity index (χ3v) is 6.19. The highest BCUT2D eigenvalue weighted by atomic mass is 16.5. The lowest BCUT2D eigenvalue weighted by molar-refractivity contribution is 0.140. The highest BCUT2D eigenvalue weighted by molar-refractivity contribution is 5.36. The molecule has 1 aromatic heterocycles. The van der Waals surface area contributed by atoms with Crippen LogP contribution in [0.4, 0.5) is 5.82 Å². The molecule has 1 atom stereocenters. The molecular formula is C24H33N3O2. The topological polar surface area (TPSA) is 46.6 Å². The smallest absolute Gasteiger partial charge is 0.126 e. The van der Waals surface area contributed by atoms with E-state index in [-0.39, 0.29) is 0 Å². The van der Waals surface area contributed by atoms with Crippen LogP contribution in [0.3, 0.4) is 0 Å². The number of aromatic nitrogens is 1. The minimum atomic E-state index is 0.482. The van der Waals surface area contributed by atoms with E-state index in [0.717, 1.165) is 29.9 Å². The van der Waals surface area contributed by atoms with E-state index in [1.165, 1.54) is 57.2 Å². The van der Waals surface area contributed by atoms with E-state index in [1.807, 2.05) is 24.3 Å². The van der Waals surface area contributed by atoms with Gasteiger partial charge in [0.15, 0.2) is 0 Å². The Morgan fingerprint density at radius 2 is 1.76 bits per heavy atom. The van der Waals surface area contributed by atoms with Gasteiger partial charge in [-0.25, -0.2) is 4.98 Å². The fourth-order valence-corrected chi connectivity index (χ4v) is 4.71. The molecule has 1 aliphatic heterocycles. The Bertz CT molecular complexity index is 759. The average Bonchev–Trinajstić information content (AvgIpc) is 3.28. The van der Waals surface area contributed by atoms with Crippen LogP contribution >= 0.6 is 0 Å². The fourth-order valence-electron chi connectivity index (χ4n) is 4.71. The van der Waals surface area contributed by atoms with Crippen LogP contribution in [-0.2, 0) is 0 Å². The molecule has 1 aliphatic carbocycles. The summed E-state index contributed by atoms with van der Waals surface area (Å²) in [6, 6.07) is 15.3. The van der Waals surface area contributed by atoms with Gasteiger partial charge in [-0.1, -0.05) is 25.3 Å². The third-order valence-electron chi connectivity index (χ3n) is 6.19. The summed E-state index contributed by atoms with van der Waals surface area (Å²) in [4.78, 5) is 7.68. The lowest BCUT2D eigenvalue weighted by Crippen LogP contribution is -2.36. The minimum absolute atomic E-state index is 0.482. The van der Waals surface area contributed by atoms with E-state index < -0.39 is 0 Å². The Morgan fingerprint density at radius 1 is 0.966 bits per heavy atom. The molecule has 5 heteroatoms. The van der Waals surface area contributed by atoms with Gasteiger partial charge >= 0.3 is 0 Å². The Labute approximate surface area is 174 Å². The van der Waals surface area contributed by atoms with Crippen LogP contribution in [0.2, 0.25) is 0 Å². The number of hydrogen-bond acceptors (Lipinski definition) is 5. The van der Waals surface area contributed by atoms with Crippen molar-refractivity contribution in [1.82, 2.24) is 9.88 Å². The Hall–Kier alpha value is -2.27. The van der Waals surface area contributed by atoms with Crippen molar-refractivity contribution in [2.24, 2.45) is 0 Å². The van der Waals surface area contributed by atoms with Crippen molar-refractivity contribution in [3.63, 3.8) is 0 Å². The summed E-state index contributed by atoms with van der Waals surface area (Å²) in [7, 11) is 1.67. The number of methoxy groups -OCH3 is 1. The predicted molar refractivity (Wildman–Crippen MR) is 117 cm³/mol. The van der Waals surface area contributed by atoms with Crippen molar-refractivity contribution >= 4 is 5.82 Å². The number of hydrogen-bond donors (Lipinski definition) is 1. The lowest BCUT2D eigenvalue weighted by Gasteiger charge is -2.35. The fraction of sp³-hybridized carbons (Fsp3) is 0.542. The molecule has 0 radical (unpaired) electrons. The molecule has 2 aliphatic rings. The highest BCUT2D eigenvalue weighted by Crippen LogP contribution is 2.37. The largest absolute Gasteiger partial charge is 0.497 e. The molecule has 2 aromatic rings. The van der Waals surface area contributed by atoms with Crippen molar-refractivity contribution < 1.29 is 9.47 Å². The molecule has 1 saturated carbocycles. The van der Waals surface area contributed by atoms with Gasteiger partial charge in [-0.2, -0.15) is 0 Å². The zero-order chi connectivity index (χ0) is 19.9. The number of anilines is 1. The van der Waals surface area contributed by atoms with Gasteiger partial charge in [0.1, 0.15) is 23.9 Å². The normalized spacial score (nSPS) is 20.5. The summed E-state index contributed by atoms with van der Waals surface area (Å²) >= 11 is 0. The number of likely N-dealkylation sites (tertiary alicyclic amines) is 1. The van der Waals surface area contributed by atoms with Crippen LogP contribution in [0, 0.1) is 0 Å². The summed E-state index contributed by atoms with van der Waals surface area (Å²) in [6.45, 7) is 2.54. The number of benzene rings is 1. The SMILES string of the molecule is COc1ccc(OCCNc2cccc(C3CCCN3C3CCCCC3)n2)cc1. The van der Waals surface area contributed by atoms with Crippen LogP contribution in [0.1, 0.15) is 56.7 Å². The van der Waals surface area contributed by atoms with E-state index in [4.69, 9.17) is 14.5 Å². The second-order valence-electron chi connectivity index (χ2n) is 8.09. The molecule has 1 unspecified atom stereocenters. The van der Waals surface area contributed by atoms with Crippen LogP contribution in [-0.4, -0.2) is 42.7 Å². The summed E-state index contributed by atoms with van der Waals surface area (Å²) in [5, 5.41) is 3.42. The van der Waals surface area contributed by atoms with E-state index in [1.54, 1.807) is 7.11 Å². The Kier molecular flexibility index (Phi) is 6.88. The molecule has 2 fully saturated rings. The average molecular weight is 396 g/mol. The number of ether oxygens (including phenoxy) is 2. The second kappa shape index (κ2) is 9.97. The molecule has 5 nitrogen and oxygen atoms in total. The monoisotopic (exact) mass is 395 g/mol. The number of nitrogens with zero attached hydrogens (tertiary/aromatic N) is 2. The molecule has 4 rings (SSSR count). The standard InChI is InChI=1S/C24H33N3O2/c1-28-20-12-14-21(15-13-20)29-18-16-25-24-11-5-9-22(26-24)23-10-6-17-27(23)19-7-3-2-4-8-19/h5,9,11-15,19,23H,2-4,6-8,10,16-18H2,1H3,(H,25,26). The van der Waals surface area contributed by atoms with Crippen molar-refractivity contribution in [1.29, 1.82) is 0 Å². The van der Waals surface area contributed by atoms with Crippen molar-refractivity contribution in [3.05, 3.63) is 48.2 Å². The van der Waals surface area contributed by atoms with E-state index in [2.05, 4.69) is 28.4 Å². The second-order valence-corrected chi connectivity index (χ2v) is 8.09. The van der Waals surface area contributed by atoms with Gasteiger partial charge in [-0.15, -0.1) is 0 Å². The van der Waals surface area contributed by atoms with Crippen molar-refractivity contribution in [3.8, 4) is 11.5 Å². The molecule has 2 heterocycles. The summed E-state index contributed by atoms with van der Waals surface area (Å²) in [5.41, 5.74) is 1.22. The first-order valence-corrected chi connectivity index (χ1v) is 11.1. The number of nitrogens with one attached hydrogen (secondary N) is 1. The van der Waals surface area contributed by atoms with Gasteiger partial charge in [0.2, 0.25) is 0 Å². The zero-order valence-electron chi connectivity index (χ0n) is 17.5. The Morgan fingerprint density at radius 3 is 2.55 bits per heavy atom. The van der Waals surface area contributed by atoms with Gasteiger partial charge in [0, 0.05) is 6.04 Å². The molecular weight excluding hydrogens is 362 g/mol. The summed E-state index contributed by atoms with van der Waals surface area (Å²) in [6.07, 6.45) is 9.41. The summed E-state index contributed by atoms with van der Waals surface area (Å²) < 4.78 is 11.0. The van der Waals surface area contributed by atoms with E-state index >= 15 is 0 Å². The molecule has 1 N–H and O–H groups in total. The van der Waals surface area contributed by atoms with Crippen LogP contribution in [0.25, 0.3) is 0 Å². The lowest BCUT2D eigenvalue weighted by atomic mass is 9.93. The van der Waals surface area contributed by atoms with Gasteiger partial charge in [0.25, 0.3) is 0 Å². The first-order valence-electron chi connectivity index (χ1n) is 11.1. The Balaban J connectivity index is 1.30. The van der Waals surface area contributed by atoms with Gasteiger partial charge < -0.3 is 14.8 Å². The first-order chi connectivity index (χ1) is 14.3. The van der Waals surface area contributed by atoms with Crippen LogP contribution in [0.5, 0.6) is 11.5 Å². The van der Waals surface area contributed by atoms with Crippen molar-refractivity contribution in [2.45, 2.75) is 57.0 Å².